The van der Waals surface area contributed by atoms with Gasteiger partial charge in [0.05, 0.1) is 49.1 Å². The number of ether oxygens (including phenoxy) is 6. The van der Waals surface area contributed by atoms with E-state index in [2.05, 4.69) is 6.92 Å². The maximum absolute atomic E-state index is 14.3. The molecule has 4 saturated carbocycles. The lowest BCUT2D eigenvalue weighted by Gasteiger charge is -2.59. The van der Waals surface area contributed by atoms with Crippen molar-refractivity contribution in [3.05, 3.63) is 0 Å². The molecule has 0 spiro atoms. The molecule has 46 heavy (non-hydrogen) atoms. The number of carbonyl (C=O) groups is 4. The summed E-state index contributed by atoms with van der Waals surface area (Å²) < 4.78 is 33.8. The van der Waals surface area contributed by atoms with Crippen molar-refractivity contribution in [1.29, 1.82) is 0 Å². The summed E-state index contributed by atoms with van der Waals surface area (Å²) >= 11 is 0. The zero-order chi connectivity index (χ0) is 34.0. The summed E-state index contributed by atoms with van der Waals surface area (Å²) in [6, 6.07) is 0. The molecule has 4 aliphatic carbocycles. The van der Waals surface area contributed by atoms with Gasteiger partial charge >= 0.3 is 23.9 Å². The van der Waals surface area contributed by atoms with Gasteiger partial charge in [-0.15, -0.1) is 0 Å². The van der Waals surface area contributed by atoms with E-state index in [4.69, 9.17) is 28.4 Å². The average molecular weight is 651 g/mol. The summed E-state index contributed by atoms with van der Waals surface area (Å²) in [4.78, 5) is 54.1. The maximum atomic E-state index is 14.3. The number of cyclic esters (lactones) is 1. The number of esters is 4. The second kappa shape index (κ2) is 14.1. The minimum absolute atomic E-state index is 0.0560. The van der Waals surface area contributed by atoms with Crippen LogP contribution in [0.3, 0.4) is 0 Å². The zero-order valence-electron chi connectivity index (χ0n) is 29.5. The van der Waals surface area contributed by atoms with Crippen LogP contribution in [-0.2, 0) is 47.6 Å². The van der Waals surface area contributed by atoms with Gasteiger partial charge in [0.1, 0.15) is 17.8 Å². The Kier molecular flexibility index (Phi) is 11.2. The van der Waals surface area contributed by atoms with Gasteiger partial charge in [0.2, 0.25) is 0 Å². The predicted octanol–water partition coefficient (Wildman–Crippen LogP) is 5.82. The van der Waals surface area contributed by atoms with E-state index in [1.807, 2.05) is 13.8 Å². The molecule has 5 fully saturated rings. The van der Waals surface area contributed by atoms with Gasteiger partial charge in [-0.3, -0.25) is 19.2 Å². The number of methoxy groups -OCH3 is 1. The fraction of sp³-hybridized carbons (Fsp3) is 0.889. The van der Waals surface area contributed by atoms with E-state index in [1.165, 1.54) is 6.42 Å². The van der Waals surface area contributed by atoms with Gasteiger partial charge < -0.3 is 28.4 Å². The van der Waals surface area contributed by atoms with Crippen molar-refractivity contribution in [3.63, 3.8) is 0 Å². The van der Waals surface area contributed by atoms with Crippen molar-refractivity contribution in [2.45, 2.75) is 124 Å². The fourth-order valence-corrected chi connectivity index (χ4v) is 8.96. The van der Waals surface area contributed by atoms with Crippen molar-refractivity contribution in [3.8, 4) is 0 Å². The molecule has 0 radical (unpaired) electrons. The molecule has 10 heteroatoms. The van der Waals surface area contributed by atoms with E-state index in [9.17, 15) is 19.2 Å². The standard InChI is InChI=1S/C36H58O10/c1-9-33(4,30(39)46-36(7)26-17-24-16-25(19-26)20-27(36)18-24)23-34(5,31(40)45-35(6)10-11-43-28(37)21-35)22-32(2,3)29(38)44-15-14-42-13-12-41-8/h24-27H,9-23H2,1-8H3. The van der Waals surface area contributed by atoms with Crippen molar-refractivity contribution in [2.75, 3.05) is 40.1 Å². The largest absolute Gasteiger partial charge is 0.465 e. The Labute approximate surface area is 275 Å². The highest BCUT2D eigenvalue weighted by Crippen LogP contribution is 2.60. The van der Waals surface area contributed by atoms with E-state index in [0.717, 1.165) is 37.5 Å². The average Bonchev–Trinajstić information content (AvgIpc) is 2.96. The van der Waals surface area contributed by atoms with Crippen LogP contribution >= 0.6 is 0 Å². The lowest BCUT2D eigenvalue weighted by molar-refractivity contribution is -0.214. The molecule has 3 atom stereocenters. The molecule has 0 aromatic heterocycles. The van der Waals surface area contributed by atoms with Crippen LogP contribution in [0, 0.1) is 39.9 Å². The topological polar surface area (TPSA) is 124 Å². The van der Waals surface area contributed by atoms with Gasteiger partial charge in [-0.1, -0.05) is 6.92 Å². The van der Waals surface area contributed by atoms with Crippen LogP contribution in [0.5, 0.6) is 0 Å². The molecule has 5 aliphatic rings. The third-order valence-corrected chi connectivity index (χ3v) is 11.6. The number of carbonyl (C=O) groups excluding carboxylic acids is 4. The van der Waals surface area contributed by atoms with Crippen molar-refractivity contribution >= 4 is 23.9 Å². The minimum atomic E-state index is -1.28. The molecule has 0 N–H and O–H groups in total. The summed E-state index contributed by atoms with van der Waals surface area (Å²) in [5, 5.41) is 0. The summed E-state index contributed by atoms with van der Waals surface area (Å²) in [5.74, 6) is 0.449. The van der Waals surface area contributed by atoms with Crippen molar-refractivity contribution in [1.82, 2.24) is 0 Å². The summed E-state index contributed by atoms with van der Waals surface area (Å²) in [7, 11) is 1.58. The van der Waals surface area contributed by atoms with Gasteiger partial charge in [-0.05, 0) is 117 Å². The molecule has 262 valence electrons. The summed E-state index contributed by atoms with van der Waals surface area (Å²) in [6.45, 7) is 14.2. The number of hydrogen-bond donors (Lipinski definition) is 0. The second-order valence-electron chi connectivity index (χ2n) is 16.3. The minimum Gasteiger partial charge on any atom is -0.465 e. The first kappa shape index (κ1) is 36.6. The molecular weight excluding hydrogens is 592 g/mol. The van der Waals surface area contributed by atoms with Crippen molar-refractivity contribution in [2.24, 2.45) is 39.9 Å². The quantitative estimate of drug-likeness (QED) is 0.115. The van der Waals surface area contributed by atoms with E-state index in [0.29, 0.717) is 37.9 Å². The highest BCUT2D eigenvalue weighted by atomic mass is 16.6. The first-order valence-corrected chi connectivity index (χ1v) is 17.3. The van der Waals surface area contributed by atoms with Gasteiger partial charge in [-0.25, -0.2) is 0 Å². The molecule has 10 nitrogen and oxygen atoms in total. The highest BCUT2D eigenvalue weighted by Gasteiger charge is 2.59. The van der Waals surface area contributed by atoms with Crippen LogP contribution in [0.1, 0.15) is 113 Å². The van der Waals surface area contributed by atoms with E-state index in [-0.39, 0.29) is 45.1 Å². The Bertz CT molecular complexity index is 1100. The van der Waals surface area contributed by atoms with Gasteiger partial charge in [0.15, 0.2) is 0 Å². The maximum Gasteiger partial charge on any atom is 0.312 e. The SMILES string of the molecule is CCC(C)(CC(C)(CC(C)(C)C(=O)OCCOCCOC)C(=O)OC1(C)CCOC(=O)C1)C(=O)OC1(C)C2CC3CC(C2)CC1C3. The highest BCUT2D eigenvalue weighted by molar-refractivity contribution is 5.83. The molecule has 1 saturated heterocycles. The first-order valence-electron chi connectivity index (χ1n) is 17.3. The zero-order valence-corrected chi connectivity index (χ0v) is 29.5. The smallest absolute Gasteiger partial charge is 0.312 e. The molecule has 3 unspecified atom stereocenters. The predicted molar refractivity (Wildman–Crippen MR) is 169 cm³/mol. The lowest BCUT2D eigenvalue weighted by atomic mass is 9.50. The van der Waals surface area contributed by atoms with E-state index < -0.39 is 45.4 Å². The van der Waals surface area contributed by atoms with Crippen LogP contribution in [0.15, 0.2) is 0 Å². The normalized spacial score (nSPS) is 33.0. The molecule has 0 aromatic carbocycles. The Morgan fingerprint density at radius 2 is 1.39 bits per heavy atom. The summed E-state index contributed by atoms with van der Waals surface area (Å²) in [5.41, 5.74) is -4.96. The molecule has 5 rings (SSSR count). The molecule has 0 amide bonds. The second-order valence-corrected chi connectivity index (χ2v) is 16.3. The molecule has 0 aromatic rings. The van der Waals surface area contributed by atoms with Gasteiger partial charge in [0, 0.05) is 13.5 Å². The molecule has 4 bridgehead atoms. The third kappa shape index (κ3) is 8.08. The lowest BCUT2D eigenvalue weighted by Crippen LogP contribution is -2.59. The van der Waals surface area contributed by atoms with Gasteiger partial charge in [-0.2, -0.15) is 0 Å². The Hall–Kier alpha value is -2.20. The van der Waals surface area contributed by atoms with Crippen LogP contribution in [0.25, 0.3) is 0 Å². The Morgan fingerprint density at radius 1 is 0.804 bits per heavy atom. The summed E-state index contributed by atoms with van der Waals surface area (Å²) in [6.07, 6.45) is 6.68. The van der Waals surface area contributed by atoms with Gasteiger partial charge in [0.25, 0.3) is 0 Å². The molecule has 1 heterocycles. The van der Waals surface area contributed by atoms with E-state index >= 15 is 0 Å². The van der Waals surface area contributed by atoms with Crippen molar-refractivity contribution < 1.29 is 47.6 Å². The number of hydrogen-bond acceptors (Lipinski definition) is 10. The number of rotatable bonds is 16. The molecule has 1 aliphatic heterocycles. The van der Waals surface area contributed by atoms with Crippen LogP contribution in [-0.4, -0.2) is 75.2 Å². The van der Waals surface area contributed by atoms with Crippen LogP contribution in [0.4, 0.5) is 0 Å². The third-order valence-electron chi connectivity index (χ3n) is 11.6. The fourth-order valence-electron chi connectivity index (χ4n) is 8.96. The molecular formula is C36H58O10. The van der Waals surface area contributed by atoms with E-state index in [1.54, 1.807) is 34.8 Å². The monoisotopic (exact) mass is 650 g/mol. The first-order chi connectivity index (χ1) is 21.5. The Balaban J connectivity index is 1.54. The van der Waals surface area contributed by atoms with Crippen LogP contribution < -0.4 is 0 Å². The Morgan fingerprint density at radius 3 is 1.96 bits per heavy atom. The van der Waals surface area contributed by atoms with Crippen LogP contribution in [0.2, 0.25) is 0 Å².